The lowest BCUT2D eigenvalue weighted by Crippen LogP contribution is -2.10. The van der Waals surface area contributed by atoms with Crippen molar-refractivity contribution in [2.24, 2.45) is 0 Å². The molecule has 0 bridgehead atoms. The Morgan fingerprint density at radius 1 is 1.50 bits per heavy atom. The Hall–Kier alpha value is -1.69. The minimum Gasteiger partial charge on any atom is -0.379 e. The normalized spacial score (nSPS) is 10.7. The maximum absolute atomic E-state index is 12.9. The van der Waals surface area contributed by atoms with Gasteiger partial charge in [-0.15, -0.1) is 0 Å². The van der Waals surface area contributed by atoms with E-state index in [1.165, 1.54) is 12.1 Å². The zero-order valence-electron chi connectivity index (χ0n) is 10.5. The molecule has 6 heteroatoms. The molecule has 5 nitrogen and oxygen atoms in total. The van der Waals surface area contributed by atoms with Crippen LogP contribution >= 0.6 is 0 Å². The molecule has 1 N–H and O–H groups in total. The molecule has 0 aliphatic heterocycles. The molecule has 0 aliphatic carbocycles. The Kier molecular flexibility index (Phi) is 5.51. The molecule has 0 radical (unpaired) electrons. The zero-order valence-corrected chi connectivity index (χ0v) is 10.5. The molecule has 0 unspecified atom stereocenters. The van der Waals surface area contributed by atoms with E-state index in [4.69, 9.17) is 4.74 Å². The Labute approximate surface area is 105 Å². The van der Waals surface area contributed by atoms with Gasteiger partial charge in [-0.2, -0.15) is 0 Å². The van der Waals surface area contributed by atoms with E-state index in [1.807, 2.05) is 13.8 Å². The van der Waals surface area contributed by atoms with Crippen LogP contribution in [0.1, 0.15) is 20.3 Å². The summed E-state index contributed by atoms with van der Waals surface area (Å²) in [5.74, 6) is -0.615. The molecule has 18 heavy (non-hydrogen) atoms. The number of nitro benzene ring substituents is 1. The molecular formula is C12H17FN2O3. The van der Waals surface area contributed by atoms with E-state index in [2.05, 4.69) is 5.32 Å². The van der Waals surface area contributed by atoms with E-state index in [0.717, 1.165) is 12.5 Å². The van der Waals surface area contributed by atoms with Crippen LogP contribution in [0.25, 0.3) is 0 Å². The van der Waals surface area contributed by atoms with Gasteiger partial charge in [0.25, 0.3) is 5.69 Å². The molecule has 1 rings (SSSR count). The predicted molar refractivity (Wildman–Crippen MR) is 67.2 cm³/mol. The summed E-state index contributed by atoms with van der Waals surface area (Å²) in [6.45, 7) is 5.01. The lowest BCUT2D eigenvalue weighted by atomic mass is 10.2. The average molecular weight is 256 g/mol. The third-order valence-corrected chi connectivity index (χ3v) is 2.24. The van der Waals surface area contributed by atoms with Gasteiger partial charge in [-0.3, -0.25) is 10.1 Å². The number of halogens is 1. The molecule has 1 aromatic rings. The zero-order chi connectivity index (χ0) is 13.5. The fraction of sp³-hybridized carbons (Fsp3) is 0.500. The van der Waals surface area contributed by atoms with Gasteiger partial charge in [0, 0.05) is 13.2 Å². The van der Waals surface area contributed by atoms with Gasteiger partial charge < -0.3 is 10.1 Å². The summed E-state index contributed by atoms with van der Waals surface area (Å²) in [7, 11) is 0. The average Bonchev–Trinajstić information content (AvgIpc) is 2.29. The van der Waals surface area contributed by atoms with Crippen molar-refractivity contribution >= 4 is 11.4 Å². The number of nitro groups is 1. The van der Waals surface area contributed by atoms with Gasteiger partial charge in [-0.1, -0.05) is 0 Å². The van der Waals surface area contributed by atoms with Gasteiger partial charge in [0.05, 0.1) is 17.1 Å². The summed E-state index contributed by atoms with van der Waals surface area (Å²) < 4.78 is 18.2. The topological polar surface area (TPSA) is 64.4 Å². The maximum atomic E-state index is 12.9. The van der Waals surface area contributed by atoms with Crippen molar-refractivity contribution in [3.8, 4) is 0 Å². The molecule has 0 amide bonds. The SMILES string of the molecule is CC(C)OCCCNc1ccc(F)cc1[N+](=O)[O-]. The number of hydrogen-bond donors (Lipinski definition) is 1. The summed E-state index contributed by atoms with van der Waals surface area (Å²) in [5.41, 5.74) is 0.0747. The summed E-state index contributed by atoms with van der Waals surface area (Å²) >= 11 is 0. The molecule has 0 fully saturated rings. The van der Waals surface area contributed by atoms with Gasteiger partial charge in [0.1, 0.15) is 11.5 Å². The van der Waals surface area contributed by atoms with E-state index in [9.17, 15) is 14.5 Å². The Balaban J connectivity index is 2.49. The van der Waals surface area contributed by atoms with E-state index in [0.29, 0.717) is 18.8 Å². The predicted octanol–water partition coefficient (Wildman–Crippen LogP) is 2.96. The van der Waals surface area contributed by atoms with Crippen LogP contribution in [0.2, 0.25) is 0 Å². The second-order valence-electron chi connectivity index (χ2n) is 4.12. The maximum Gasteiger partial charge on any atom is 0.295 e. The Morgan fingerprint density at radius 2 is 2.22 bits per heavy atom. The van der Waals surface area contributed by atoms with Gasteiger partial charge in [-0.05, 0) is 32.4 Å². The molecule has 0 aromatic heterocycles. The van der Waals surface area contributed by atoms with Crippen LogP contribution in [0.15, 0.2) is 18.2 Å². The first-order chi connectivity index (χ1) is 8.50. The van der Waals surface area contributed by atoms with Crippen molar-refractivity contribution in [3.05, 3.63) is 34.1 Å². The highest BCUT2D eigenvalue weighted by Gasteiger charge is 2.14. The van der Waals surface area contributed by atoms with Crippen LogP contribution in [0.3, 0.4) is 0 Å². The largest absolute Gasteiger partial charge is 0.379 e. The highest BCUT2D eigenvalue weighted by molar-refractivity contribution is 5.61. The lowest BCUT2D eigenvalue weighted by Gasteiger charge is -2.09. The van der Waals surface area contributed by atoms with Crippen molar-refractivity contribution < 1.29 is 14.1 Å². The Morgan fingerprint density at radius 3 is 2.83 bits per heavy atom. The van der Waals surface area contributed by atoms with Crippen molar-refractivity contribution in [2.45, 2.75) is 26.4 Å². The van der Waals surface area contributed by atoms with Crippen molar-refractivity contribution in [1.29, 1.82) is 0 Å². The van der Waals surface area contributed by atoms with Crippen LogP contribution in [-0.2, 0) is 4.74 Å². The molecule has 0 saturated carbocycles. The summed E-state index contributed by atoms with van der Waals surface area (Å²) in [6, 6.07) is 3.48. The fourth-order valence-electron chi connectivity index (χ4n) is 1.42. The van der Waals surface area contributed by atoms with Crippen molar-refractivity contribution in [2.75, 3.05) is 18.5 Å². The second-order valence-corrected chi connectivity index (χ2v) is 4.12. The first-order valence-corrected chi connectivity index (χ1v) is 5.80. The first kappa shape index (κ1) is 14.4. The number of hydrogen-bond acceptors (Lipinski definition) is 4. The third-order valence-electron chi connectivity index (χ3n) is 2.24. The number of benzene rings is 1. The number of rotatable bonds is 7. The minimum atomic E-state index is -0.615. The first-order valence-electron chi connectivity index (χ1n) is 5.80. The standard InChI is InChI=1S/C12H17FN2O3/c1-9(2)18-7-3-6-14-11-5-4-10(13)8-12(11)15(16)17/h4-5,8-9,14H,3,6-7H2,1-2H3. The molecule has 0 aliphatic rings. The minimum absolute atomic E-state index is 0.171. The summed E-state index contributed by atoms with van der Waals surface area (Å²) in [6.07, 6.45) is 0.900. The highest BCUT2D eigenvalue weighted by Crippen LogP contribution is 2.24. The third kappa shape index (κ3) is 4.67. The van der Waals surface area contributed by atoms with Gasteiger partial charge in [0.15, 0.2) is 0 Å². The molecule has 0 atom stereocenters. The molecule has 0 saturated heterocycles. The number of anilines is 1. The highest BCUT2D eigenvalue weighted by atomic mass is 19.1. The lowest BCUT2D eigenvalue weighted by molar-refractivity contribution is -0.384. The number of ether oxygens (including phenoxy) is 1. The van der Waals surface area contributed by atoms with E-state index >= 15 is 0 Å². The molecular weight excluding hydrogens is 239 g/mol. The van der Waals surface area contributed by atoms with Crippen LogP contribution < -0.4 is 5.32 Å². The van der Waals surface area contributed by atoms with Gasteiger partial charge >= 0.3 is 0 Å². The van der Waals surface area contributed by atoms with E-state index in [-0.39, 0.29) is 11.8 Å². The summed E-state index contributed by atoms with van der Waals surface area (Å²) in [5, 5.41) is 13.6. The molecule has 100 valence electrons. The molecule has 0 spiro atoms. The van der Waals surface area contributed by atoms with E-state index in [1.54, 1.807) is 0 Å². The van der Waals surface area contributed by atoms with E-state index < -0.39 is 10.7 Å². The molecule has 0 heterocycles. The smallest absolute Gasteiger partial charge is 0.295 e. The van der Waals surface area contributed by atoms with Crippen molar-refractivity contribution in [3.63, 3.8) is 0 Å². The van der Waals surface area contributed by atoms with Crippen LogP contribution in [0.4, 0.5) is 15.8 Å². The number of nitrogens with zero attached hydrogens (tertiary/aromatic N) is 1. The fourth-order valence-corrected chi connectivity index (χ4v) is 1.42. The Bertz CT molecular complexity index is 410. The summed E-state index contributed by atoms with van der Waals surface area (Å²) in [4.78, 5) is 10.1. The second kappa shape index (κ2) is 6.90. The quantitative estimate of drug-likeness (QED) is 0.463. The van der Waals surface area contributed by atoms with Crippen LogP contribution in [0, 0.1) is 15.9 Å². The van der Waals surface area contributed by atoms with Crippen molar-refractivity contribution in [1.82, 2.24) is 0 Å². The number of nitrogens with one attached hydrogen (secondary N) is 1. The van der Waals surface area contributed by atoms with Gasteiger partial charge in [0.2, 0.25) is 0 Å². The van der Waals surface area contributed by atoms with Gasteiger partial charge in [-0.25, -0.2) is 4.39 Å². The van der Waals surface area contributed by atoms with Crippen LogP contribution in [0.5, 0.6) is 0 Å². The molecule has 1 aromatic carbocycles. The monoisotopic (exact) mass is 256 g/mol. The van der Waals surface area contributed by atoms with Crippen LogP contribution in [-0.4, -0.2) is 24.2 Å².